The smallest absolute Gasteiger partial charge is 0.340 e. The minimum atomic E-state index is -0.322. The summed E-state index contributed by atoms with van der Waals surface area (Å²) in [6, 6.07) is 15.2. The van der Waals surface area contributed by atoms with Crippen molar-refractivity contribution in [2.45, 2.75) is 13.0 Å². The largest absolute Gasteiger partial charge is 0.492 e. The second-order valence-electron chi connectivity index (χ2n) is 5.38. The minimum absolute atomic E-state index is 0.322. The monoisotopic (exact) mass is 343 g/mol. The normalized spacial score (nSPS) is 10.8. The summed E-state index contributed by atoms with van der Waals surface area (Å²) >= 11 is 6.07. The first-order valence-corrected chi connectivity index (χ1v) is 8.12. The lowest BCUT2D eigenvalue weighted by Crippen LogP contribution is -2.04. The first-order chi connectivity index (χ1) is 11.7. The Morgan fingerprint density at radius 3 is 2.67 bits per heavy atom. The molecular weight excluding hydrogens is 326 g/mol. The van der Waals surface area contributed by atoms with E-state index in [9.17, 15) is 4.79 Å². The molecule has 0 N–H and O–H groups in total. The van der Waals surface area contributed by atoms with Gasteiger partial charge in [-0.15, -0.1) is 0 Å². The predicted molar refractivity (Wildman–Crippen MR) is 94.8 cm³/mol. The van der Waals surface area contributed by atoms with Crippen LogP contribution in [0.1, 0.15) is 16.8 Å². The molecule has 0 radical (unpaired) electrons. The van der Waals surface area contributed by atoms with Gasteiger partial charge in [0.05, 0.1) is 24.3 Å². The van der Waals surface area contributed by atoms with Crippen LogP contribution in [0.15, 0.2) is 54.7 Å². The summed E-state index contributed by atoms with van der Waals surface area (Å²) in [6.07, 6.45) is 2.64. The number of rotatable bonds is 6. The Labute approximate surface area is 145 Å². The lowest BCUT2D eigenvalue weighted by Gasteiger charge is -2.09. The maximum atomic E-state index is 11.9. The number of benzene rings is 2. The van der Waals surface area contributed by atoms with Crippen LogP contribution in [0.4, 0.5) is 0 Å². The Morgan fingerprint density at radius 2 is 1.88 bits per heavy atom. The van der Waals surface area contributed by atoms with Crippen molar-refractivity contribution in [2.24, 2.45) is 0 Å². The molecule has 0 spiro atoms. The topological polar surface area (TPSA) is 40.5 Å². The second kappa shape index (κ2) is 7.41. The zero-order valence-electron chi connectivity index (χ0n) is 13.4. The molecule has 1 heterocycles. The van der Waals surface area contributed by atoms with E-state index in [0.717, 1.165) is 23.9 Å². The van der Waals surface area contributed by atoms with Crippen LogP contribution >= 0.6 is 11.6 Å². The predicted octanol–water partition coefficient (Wildman–Crippen LogP) is 4.55. The molecular formula is C19H18ClNO3. The minimum Gasteiger partial charge on any atom is -0.492 e. The molecule has 0 aliphatic heterocycles. The molecule has 0 atom stereocenters. The summed E-state index contributed by atoms with van der Waals surface area (Å²) in [6.45, 7) is 1.28. The maximum absolute atomic E-state index is 11.9. The van der Waals surface area contributed by atoms with E-state index in [0.29, 0.717) is 22.9 Å². The van der Waals surface area contributed by atoms with Crippen LogP contribution in [0.25, 0.3) is 10.9 Å². The molecule has 124 valence electrons. The fraction of sp³-hybridized carbons (Fsp3) is 0.211. The van der Waals surface area contributed by atoms with Crippen molar-refractivity contribution in [1.82, 2.24) is 4.57 Å². The molecule has 24 heavy (non-hydrogen) atoms. The van der Waals surface area contributed by atoms with Crippen molar-refractivity contribution in [3.05, 3.63) is 65.3 Å². The molecule has 0 bridgehead atoms. The van der Waals surface area contributed by atoms with Gasteiger partial charge in [-0.25, -0.2) is 4.79 Å². The fourth-order valence-corrected chi connectivity index (χ4v) is 2.87. The number of nitrogens with zero attached hydrogens (tertiary/aromatic N) is 1. The number of para-hydroxylation sites is 2. The third-order valence-corrected chi connectivity index (χ3v) is 4.14. The van der Waals surface area contributed by atoms with Gasteiger partial charge in [0, 0.05) is 23.6 Å². The van der Waals surface area contributed by atoms with Crippen molar-refractivity contribution in [1.29, 1.82) is 0 Å². The van der Waals surface area contributed by atoms with Gasteiger partial charge < -0.3 is 14.0 Å². The highest BCUT2D eigenvalue weighted by atomic mass is 35.5. The second-order valence-corrected chi connectivity index (χ2v) is 5.78. The van der Waals surface area contributed by atoms with Crippen LogP contribution in [0.2, 0.25) is 5.02 Å². The number of hydrogen-bond acceptors (Lipinski definition) is 3. The lowest BCUT2D eigenvalue weighted by atomic mass is 10.2. The molecule has 0 saturated carbocycles. The molecule has 3 aromatic rings. The van der Waals surface area contributed by atoms with Gasteiger partial charge in [-0.2, -0.15) is 0 Å². The van der Waals surface area contributed by atoms with Gasteiger partial charge in [-0.1, -0.05) is 41.9 Å². The molecule has 0 fully saturated rings. The van der Waals surface area contributed by atoms with E-state index in [2.05, 4.69) is 4.57 Å². The van der Waals surface area contributed by atoms with Crippen LogP contribution in [-0.4, -0.2) is 24.3 Å². The molecule has 0 aliphatic rings. The molecule has 3 rings (SSSR count). The number of ether oxygens (including phenoxy) is 2. The first kappa shape index (κ1) is 16.4. The van der Waals surface area contributed by atoms with Gasteiger partial charge in [-0.3, -0.25) is 0 Å². The van der Waals surface area contributed by atoms with Crippen molar-refractivity contribution in [3.63, 3.8) is 0 Å². The zero-order chi connectivity index (χ0) is 16.9. The van der Waals surface area contributed by atoms with E-state index in [1.165, 1.54) is 7.11 Å². The summed E-state index contributed by atoms with van der Waals surface area (Å²) in [4.78, 5) is 11.9. The summed E-state index contributed by atoms with van der Waals surface area (Å²) in [5, 5.41) is 1.51. The van der Waals surface area contributed by atoms with E-state index in [1.807, 2.05) is 48.7 Å². The zero-order valence-corrected chi connectivity index (χ0v) is 14.1. The summed E-state index contributed by atoms with van der Waals surface area (Å²) < 4.78 is 12.6. The van der Waals surface area contributed by atoms with Crippen LogP contribution in [0.5, 0.6) is 5.75 Å². The average Bonchev–Trinajstić information content (AvgIpc) is 2.98. The van der Waals surface area contributed by atoms with E-state index < -0.39 is 0 Å². The number of halogens is 1. The Hall–Kier alpha value is -2.46. The molecule has 0 saturated heterocycles. The highest BCUT2D eigenvalue weighted by Crippen LogP contribution is 2.24. The molecule has 0 unspecified atom stereocenters. The van der Waals surface area contributed by atoms with E-state index in [-0.39, 0.29) is 5.97 Å². The van der Waals surface area contributed by atoms with Crippen molar-refractivity contribution in [3.8, 4) is 5.75 Å². The van der Waals surface area contributed by atoms with E-state index >= 15 is 0 Å². The van der Waals surface area contributed by atoms with Gasteiger partial charge >= 0.3 is 5.97 Å². The van der Waals surface area contributed by atoms with Gasteiger partial charge in [0.1, 0.15) is 5.75 Å². The first-order valence-electron chi connectivity index (χ1n) is 7.74. The quantitative estimate of drug-likeness (QED) is 0.487. The third kappa shape index (κ3) is 3.39. The molecule has 2 aromatic carbocycles. The number of fused-ring (bicyclic) bond motifs is 1. The van der Waals surface area contributed by atoms with E-state index in [1.54, 1.807) is 6.07 Å². The Kier molecular flexibility index (Phi) is 5.06. The Balaban J connectivity index is 1.69. The average molecular weight is 344 g/mol. The van der Waals surface area contributed by atoms with Gasteiger partial charge in [0.2, 0.25) is 0 Å². The van der Waals surface area contributed by atoms with Crippen LogP contribution < -0.4 is 4.74 Å². The molecule has 1 aromatic heterocycles. The van der Waals surface area contributed by atoms with E-state index in [4.69, 9.17) is 21.1 Å². The fourth-order valence-electron chi connectivity index (χ4n) is 2.68. The van der Waals surface area contributed by atoms with Crippen molar-refractivity contribution in [2.75, 3.05) is 13.7 Å². The Bertz CT molecular complexity index is 857. The van der Waals surface area contributed by atoms with Crippen molar-refractivity contribution >= 4 is 28.5 Å². The number of aryl methyl sites for hydroxylation is 1. The SMILES string of the molecule is COC(=O)c1cn(CCCOc2ccccc2Cl)c2ccccc12. The van der Waals surface area contributed by atoms with Crippen molar-refractivity contribution < 1.29 is 14.3 Å². The molecule has 0 aliphatic carbocycles. The highest BCUT2D eigenvalue weighted by molar-refractivity contribution is 6.32. The maximum Gasteiger partial charge on any atom is 0.340 e. The molecule has 5 heteroatoms. The standard InChI is InChI=1S/C19H18ClNO3/c1-23-19(22)15-13-21(17-9-4-2-7-14(15)17)11-6-12-24-18-10-5-3-8-16(18)20/h2-5,7-10,13H,6,11-12H2,1H3. The highest BCUT2D eigenvalue weighted by Gasteiger charge is 2.14. The summed E-state index contributed by atoms with van der Waals surface area (Å²) in [5.74, 6) is 0.365. The number of carbonyl (C=O) groups excluding carboxylic acids is 1. The number of hydrogen-bond donors (Lipinski definition) is 0. The van der Waals surface area contributed by atoms with Gasteiger partial charge in [0.25, 0.3) is 0 Å². The van der Waals surface area contributed by atoms with Crippen LogP contribution in [-0.2, 0) is 11.3 Å². The van der Waals surface area contributed by atoms with Gasteiger partial charge in [0.15, 0.2) is 0 Å². The molecule has 4 nitrogen and oxygen atoms in total. The number of methoxy groups -OCH3 is 1. The molecule has 0 amide bonds. The third-order valence-electron chi connectivity index (χ3n) is 3.83. The number of aromatic nitrogens is 1. The number of carbonyl (C=O) groups is 1. The van der Waals surface area contributed by atoms with Crippen LogP contribution in [0.3, 0.4) is 0 Å². The summed E-state index contributed by atoms with van der Waals surface area (Å²) in [5.41, 5.74) is 1.59. The number of esters is 1. The van der Waals surface area contributed by atoms with Crippen LogP contribution in [0, 0.1) is 0 Å². The lowest BCUT2D eigenvalue weighted by molar-refractivity contribution is 0.0602. The summed E-state index contributed by atoms with van der Waals surface area (Å²) in [7, 11) is 1.39. The van der Waals surface area contributed by atoms with Gasteiger partial charge in [-0.05, 0) is 24.6 Å². The Morgan fingerprint density at radius 1 is 1.12 bits per heavy atom.